The first-order valence-corrected chi connectivity index (χ1v) is 20.9. The molecule has 8 aromatic rings. The molecule has 0 spiro atoms. The third kappa shape index (κ3) is 4.35. The topological polar surface area (TPSA) is 3.24 Å². The van der Waals surface area contributed by atoms with Crippen molar-refractivity contribution < 1.29 is 0 Å². The van der Waals surface area contributed by atoms with E-state index in [1.165, 1.54) is 116 Å². The zero-order valence-electron chi connectivity index (χ0n) is 33.2. The first-order chi connectivity index (χ1) is 27.8. The maximum absolute atomic E-state index is 2.67. The Morgan fingerprint density at radius 3 is 1.74 bits per heavy atom. The van der Waals surface area contributed by atoms with Crippen molar-refractivity contribution in [3.63, 3.8) is 0 Å². The molecule has 0 bridgehead atoms. The molecular formula is C56H45N. The summed E-state index contributed by atoms with van der Waals surface area (Å²) in [5.74, 6) is 0. The van der Waals surface area contributed by atoms with Crippen LogP contribution in [0.5, 0.6) is 0 Å². The van der Waals surface area contributed by atoms with Crippen LogP contribution in [0.2, 0.25) is 0 Å². The highest BCUT2D eigenvalue weighted by molar-refractivity contribution is 6.26. The number of aryl methyl sites for hydroxylation is 1. The lowest BCUT2D eigenvalue weighted by Gasteiger charge is -2.33. The van der Waals surface area contributed by atoms with E-state index in [4.69, 9.17) is 0 Å². The Labute approximate surface area is 335 Å². The standard InChI is InChI=1S/C56H45N/c1-55(2)44-25-13-11-23-41(44)51-46(55)32-31-38-43(33-47-52(53(38)51)42-24-12-14-26-45(42)56(47,3)4)50-36-19-7-9-21-39(36)54(40-22-10-8-20-37(40)50)57-48-27-15-5-17-34(48)29-30-35-18-6-16-28-49(35)57/h5-15,17-27,31-33H,16,28-30H2,1-4H3. The highest BCUT2D eigenvalue weighted by Gasteiger charge is 2.42. The van der Waals surface area contributed by atoms with E-state index in [-0.39, 0.29) is 10.8 Å². The number of nitrogens with zero attached hydrogens (tertiary/aromatic N) is 1. The number of hydrogen-bond donors (Lipinski definition) is 0. The molecule has 0 unspecified atom stereocenters. The van der Waals surface area contributed by atoms with Gasteiger partial charge in [-0.15, -0.1) is 0 Å². The molecule has 0 radical (unpaired) electrons. The van der Waals surface area contributed by atoms with Crippen LogP contribution in [0.1, 0.15) is 74.8 Å². The molecule has 0 atom stereocenters. The largest absolute Gasteiger partial charge is 0.312 e. The molecule has 274 valence electrons. The SMILES string of the molecule is CC1(C)c2ccccc2-c2c1ccc1c(-c3c4ccccc4c(N4C5=C(C=CCC5)CCc5ccccc54)c4ccccc34)cc3c(c21)-c1ccccc1C3(C)C. The van der Waals surface area contributed by atoms with E-state index in [1.54, 1.807) is 0 Å². The van der Waals surface area contributed by atoms with E-state index < -0.39 is 0 Å². The average molecular weight is 732 g/mol. The van der Waals surface area contributed by atoms with Gasteiger partial charge < -0.3 is 4.90 Å². The third-order valence-electron chi connectivity index (χ3n) is 14.2. The zero-order chi connectivity index (χ0) is 38.2. The Bertz CT molecular complexity index is 3060. The molecule has 0 amide bonds. The van der Waals surface area contributed by atoms with Gasteiger partial charge in [0.05, 0.1) is 5.69 Å². The van der Waals surface area contributed by atoms with Gasteiger partial charge in [0, 0.05) is 33.0 Å². The second-order valence-corrected chi connectivity index (χ2v) is 17.8. The third-order valence-corrected chi connectivity index (χ3v) is 14.2. The summed E-state index contributed by atoms with van der Waals surface area (Å²) in [6.07, 6.45) is 9.00. The maximum Gasteiger partial charge on any atom is 0.0615 e. The molecule has 57 heavy (non-hydrogen) atoms. The molecule has 1 heteroatoms. The molecule has 4 aliphatic rings. The van der Waals surface area contributed by atoms with Crippen LogP contribution in [0.4, 0.5) is 11.4 Å². The summed E-state index contributed by atoms with van der Waals surface area (Å²) in [5, 5.41) is 7.94. The van der Waals surface area contributed by atoms with E-state index in [2.05, 4.69) is 184 Å². The van der Waals surface area contributed by atoms with Crippen molar-refractivity contribution >= 4 is 43.7 Å². The molecular weight excluding hydrogens is 687 g/mol. The quantitative estimate of drug-likeness (QED) is 0.160. The number of allylic oxidation sites excluding steroid dienone is 4. The second-order valence-electron chi connectivity index (χ2n) is 17.8. The lowest BCUT2D eigenvalue weighted by Crippen LogP contribution is -2.20. The van der Waals surface area contributed by atoms with Gasteiger partial charge in [-0.05, 0) is 126 Å². The van der Waals surface area contributed by atoms with Crippen LogP contribution in [-0.2, 0) is 17.3 Å². The number of anilines is 2. The van der Waals surface area contributed by atoms with E-state index in [9.17, 15) is 0 Å². The zero-order valence-corrected chi connectivity index (χ0v) is 33.2. The number of benzene rings is 8. The highest BCUT2D eigenvalue weighted by Crippen LogP contribution is 2.60. The lowest BCUT2D eigenvalue weighted by molar-refractivity contribution is 0.660. The molecule has 0 aromatic heterocycles. The Kier molecular flexibility index (Phi) is 6.76. The van der Waals surface area contributed by atoms with Gasteiger partial charge in [-0.3, -0.25) is 0 Å². The van der Waals surface area contributed by atoms with E-state index >= 15 is 0 Å². The van der Waals surface area contributed by atoms with E-state index in [0.29, 0.717) is 0 Å². The number of hydrogen-bond acceptors (Lipinski definition) is 1. The van der Waals surface area contributed by atoms with Crippen molar-refractivity contribution in [3.8, 4) is 33.4 Å². The first-order valence-electron chi connectivity index (χ1n) is 20.9. The van der Waals surface area contributed by atoms with E-state index in [1.807, 2.05) is 0 Å². The summed E-state index contributed by atoms with van der Waals surface area (Å²) in [7, 11) is 0. The summed E-state index contributed by atoms with van der Waals surface area (Å²) in [5.41, 5.74) is 20.6. The van der Waals surface area contributed by atoms with E-state index in [0.717, 1.165) is 25.7 Å². The summed E-state index contributed by atoms with van der Waals surface area (Å²) in [4.78, 5) is 2.67. The molecule has 1 aliphatic heterocycles. The molecule has 8 aromatic carbocycles. The molecule has 1 heterocycles. The Morgan fingerprint density at radius 2 is 1.04 bits per heavy atom. The van der Waals surface area contributed by atoms with Gasteiger partial charge in [-0.25, -0.2) is 0 Å². The van der Waals surface area contributed by atoms with Gasteiger partial charge in [0.25, 0.3) is 0 Å². The van der Waals surface area contributed by atoms with Gasteiger partial charge in [-0.1, -0.05) is 167 Å². The smallest absolute Gasteiger partial charge is 0.0615 e. The minimum atomic E-state index is -0.163. The van der Waals surface area contributed by atoms with Gasteiger partial charge in [0.2, 0.25) is 0 Å². The monoisotopic (exact) mass is 731 g/mol. The minimum Gasteiger partial charge on any atom is -0.312 e. The second kappa shape index (κ2) is 11.7. The normalized spacial score (nSPS) is 16.9. The molecule has 3 aliphatic carbocycles. The predicted molar refractivity (Wildman–Crippen MR) is 242 cm³/mol. The Balaban J connectivity index is 1.25. The fourth-order valence-electron chi connectivity index (χ4n) is 11.5. The average Bonchev–Trinajstić information content (AvgIpc) is 3.53. The van der Waals surface area contributed by atoms with Gasteiger partial charge in [0.1, 0.15) is 0 Å². The highest BCUT2D eigenvalue weighted by atomic mass is 15.2. The number of rotatable bonds is 2. The van der Waals surface area contributed by atoms with Crippen molar-refractivity contribution in [1.29, 1.82) is 0 Å². The summed E-state index contributed by atoms with van der Waals surface area (Å²) >= 11 is 0. The van der Waals surface area contributed by atoms with Crippen LogP contribution < -0.4 is 4.90 Å². The van der Waals surface area contributed by atoms with Crippen molar-refractivity contribution in [2.45, 2.75) is 64.2 Å². The van der Waals surface area contributed by atoms with Crippen LogP contribution in [-0.4, -0.2) is 0 Å². The lowest BCUT2D eigenvalue weighted by atomic mass is 9.77. The van der Waals surface area contributed by atoms with Crippen molar-refractivity contribution in [1.82, 2.24) is 0 Å². The van der Waals surface area contributed by atoms with Crippen molar-refractivity contribution in [3.05, 3.63) is 191 Å². The van der Waals surface area contributed by atoms with Crippen molar-refractivity contribution in [2.75, 3.05) is 4.90 Å². The number of para-hydroxylation sites is 1. The molecule has 0 saturated carbocycles. The van der Waals surface area contributed by atoms with Crippen LogP contribution in [0.3, 0.4) is 0 Å². The first kappa shape index (κ1) is 33.0. The van der Waals surface area contributed by atoms with Crippen molar-refractivity contribution in [2.24, 2.45) is 0 Å². The van der Waals surface area contributed by atoms with Gasteiger partial charge in [0.15, 0.2) is 0 Å². The van der Waals surface area contributed by atoms with Gasteiger partial charge >= 0.3 is 0 Å². The summed E-state index contributed by atoms with van der Waals surface area (Å²) in [6, 6.07) is 53.6. The molecule has 1 nitrogen and oxygen atoms in total. The molecule has 12 rings (SSSR count). The van der Waals surface area contributed by atoms with Crippen LogP contribution in [0, 0.1) is 0 Å². The fraction of sp³-hybridized carbons (Fsp3) is 0.179. The van der Waals surface area contributed by atoms with Crippen LogP contribution >= 0.6 is 0 Å². The predicted octanol–water partition coefficient (Wildman–Crippen LogP) is 15.1. The van der Waals surface area contributed by atoms with Gasteiger partial charge in [-0.2, -0.15) is 0 Å². The fourth-order valence-corrected chi connectivity index (χ4v) is 11.5. The maximum atomic E-state index is 2.67. The summed E-state index contributed by atoms with van der Waals surface area (Å²) < 4.78 is 0. The Hall–Kier alpha value is -6.18. The molecule has 0 saturated heterocycles. The summed E-state index contributed by atoms with van der Waals surface area (Å²) in [6.45, 7) is 9.70. The number of fused-ring (bicyclic) bond motifs is 12. The molecule has 0 N–H and O–H groups in total. The van der Waals surface area contributed by atoms with Crippen LogP contribution in [0.25, 0.3) is 65.7 Å². The minimum absolute atomic E-state index is 0.0943. The molecule has 0 fully saturated rings. The Morgan fingerprint density at radius 1 is 0.456 bits per heavy atom. The van der Waals surface area contributed by atoms with Crippen LogP contribution in [0.15, 0.2) is 163 Å².